The Hall–Kier alpha value is -12.5. The molecule has 4 aromatic heterocycles. The molecule has 794 valence electrons. The van der Waals surface area contributed by atoms with Gasteiger partial charge in [-0.1, -0.05) is 59.7 Å². The maximum absolute atomic E-state index is 14.4. The molecule has 2 unspecified atom stereocenters. The zero-order valence-corrected chi connectivity index (χ0v) is 90.3. The van der Waals surface area contributed by atoms with Gasteiger partial charge in [-0.2, -0.15) is 34.8 Å². The Morgan fingerprint density at radius 1 is 0.409 bits per heavy atom. The zero-order chi connectivity index (χ0) is 110. The second kappa shape index (κ2) is 52.8. The number of hydrogen-bond donors (Lipinski definition) is 3. The number of ether oxygens (including phenoxy) is 9. The first kappa shape index (κ1) is 123. The van der Waals surface area contributed by atoms with E-state index in [1.54, 1.807) is 55.5 Å². The van der Waals surface area contributed by atoms with Gasteiger partial charge in [-0.15, -0.1) is 0 Å². The number of esters is 2. The van der Waals surface area contributed by atoms with E-state index >= 15 is 0 Å². The van der Waals surface area contributed by atoms with E-state index in [2.05, 4.69) is 30.6 Å². The molecule has 2 atom stereocenters. The van der Waals surface area contributed by atoms with Gasteiger partial charge in [0.05, 0.1) is 152 Å². The molecule has 40 nitrogen and oxygen atoms in total. The van der Waals surface area contributed by atoms with Crippen LogP contribution < -0.4 is 67.8 Å². The van der Waals surface area contributed by atoms with Gasteiger partial charge in [0.2, 0.25) is 10.3 Å². The predicted octanol–water partition coefficient (Wildman–Crippen LogP) is 10.1. The van der Waals surface area contributed by atoms with Crippen molar-refractivity contribution in [2.45, 2.75) is 91.2 Å². The minimum absolute atomic E-state index is 0. The fourth-order valence-electron chi connectivity index (χ4n) is 12.5. The summed E-state index contributed by atoms with van der Waals surface area (Å²) in [5.74, 6) is -7.44. The average molecular weight is 2320 g/mol. The van der Waals surface area contributed by atoms with Crippen molar-refractivity contribution in [1.29, 1.82) is 0 Å². The van der Waals surface area contributed by atoms with Gasteiger partial charge in [0, 0.05) is 55.6 Å². The normalized spacial score (nSPS) is 12.1. The number of carboxylic acid groups (broad SMARTS) is 3. The Kier molecular flexibility index (Phi) is 43.7. The van der Waals surface area contributed by atoms with Crippen molar-refractivity contribution in [2.75, 3.05) is 73.5 Å². The Bertz CT molecular complexity index is 8040. The number of fused-ring (bicyclic) bond motifs is 2. The number of rotatable bonds is 34. The van der Waals surface area contributed by atoms with Crippen LogP contribution in [-0.2, 0) is 110 Å². The Morgan fingerprint density at radius 2 is 0.718 bits per heavy atom. The van der Waals surface area contributed by atoms with Crippen molar-refractivity contribution >= 4 is 173 Å². The summed E-state index contributed by atoms with van der Waals surface area (Å²) in [5, 5.41) is 27.7. The minimum atomic E-state index is -4.75. The van der Waals surface area contributed by atoms with E-state index in [0.717, 1.165) is 51.5 Å². The number of carboxylic acids is 3. The number of para-hydroxylation sites is 4. The van der Waals surface area contributed by atoms with Gasteiger partial charge in [0.15, 0.2) is 32.9 Å². The first-order valence-corrected chi connectivity index (χ1v) is 56.7. The molecular formula is C90H82Cl3F6N6NaO34S9. The summed E-state index contributed by atoms with van der Waals surface area (Å²) < 4.78 is 327. The van der Waals surface area contributed by atoms with Crippen LogP contribution in [0.25, 0.3) is 22.1 Å². The Labute approximate surface area is 887 Å². The number of aromatic carboxylic acids is 3. The third kappa shape index (κ3) is 34.8. The molecule has 0 aliphatic carbocycles. The molecule has 4 heterocycles. The smallest absolute Gasteiger partial charge is 0.545 e. The number of aromatic nitrogens is 6. The molecule has 59 heteroatoms. The third-order valence-corrected chi connectivity index (χ3v) is 31.9. The number of pyridine rings is 2. The number of alkyl halides is 6. The van der Waals surface area contributed by atoms with Crippen molar-refractivity contribution < 1.29 is 210 Å². The first-order chi connectivity index (χ1) is 69.0. The monoisotopic (exact) mass is 2320 g/mol. The van der Waals surface area contributed by atoms with Gasteiger partial charge < -0.3 is 62.7 Å². The molecule has 0 bridgehead atoms. The average Bonchev–Trinajstić information content (AvgIpc) is 1.60. The van der Waals surface area contributed by atoms with Gasteiger partial charge in [-0.3, -0.25) is 22.9 Å². The molecule has 0 aliphatic rings. The molecule has 13 aromatic rings. The van der Waals surface area contributed by atoms with E-state index in [4.69, 9.17) is 87.2 Å². The maximum Gasteiger partial charge on any atom is 1.00 e. The van der Waals surface area contributed by atoms with Gasteiger partial charge in [0.25, 0.3) is 38.1 Å². The quantitative estimate of drug-likeness (QED) is 0.0111. The van der Waals surface area contributed by atoms with Crippen molar-refractivity contribution in [3.63, 3.8) is 0 Å². The summed E-state index contributed by atoms with van der Waals surface area (Å²) in [5.41, 5.74) is 2.04. The summed E-state index contributed by atoms with van der Waals surface area (Å²) in [7, 11) is -12.6. The van der Waals surface area contributed by atoms with E-state index in [0.29, 0.717) is 9.72 Å². The molecule has 13 rings (SSSR count). The standard InChI is InChI=1S/C33H30F3N3O9S3.C24H20F3N3O7S2.C17H17ClO7S2.C8H7ClO5S.C8H8O3.ClHO3S.Na/c1-21-8-11-24(12-9-21)50(42,43)17-16-47-31(40)23-10-13-29(46-3)30(18-23)51(44,45)39-27-7-5-4-6-25(27)38-32(39)49(41)19-26-22(2)28(14-15-37-26)48-20-33(34,35)36;1-14-17(28-10-9-19(14)37-13-24(25,26)27)12-38(33)23-29-16-5-3-4-6-18(16)30(23)39(34,35)21-11-15(22(31)32)7-8-20(21)36-2;1-12-3-6-14(7-4-12)26(20,21)10-9-25-17(19)13-5-8-15(24-2)16(11-13)27(18,22)23;1-14-6-3-2-5(8(10)11)4-7(6)15(9,12)13;1-11-7-4-2-6(3-5-7)8(9)10;1-5(2,3)4;/h4-15,18H,16-17,19-20H2,1-3H3;3-11H,12-13H2,1-2H3,(H,31,32);3-8,11H,9-10H2,1-2H3;2-4H,1H3,(H,10,11);2-5H,1H3,(H,9,10);(H,2,3,4);/q;;;;;;+1/p-1. The van der Waals surface area contributed by atoms with E-state index in [1.807, 2.05) is 6.92 Å². The molecule has 0 amide bonds. The van der Waals surface area contributed by atoms with Gasteiger partial charge in [-0.25, -0.2) is 87.6 Å². The molecular weight excluding hydrogens is 2240 g/mol. The number of imidazole rings is 2. The number of carbonyl (C=O) groups excluding carboxylic acids is 3. The van der Waals surface area contributed by atoms with Crippen LogP contribution in [0.3, 0.4) is 0 Å². The summed E-state index contributed by atoms with van der Waals surface area (Å²) in [6.45, 7) is 2.50. The molecule has 0 fully saturated rings. The molecule has 9 aromatic carbocycles. The van der Waals surface area contributed by atoms with E-state index in [9.17, 15) is 114 Å². The summed E-state index contributed by atoms with van der Waals surface area (Å²) in [4.78, 5) is 72.6. The summed E-state index contributed by atoms with van der Waals surface area (Å²) in [6.07, 6.45) is -6.82. The zero-order valence-electron chi connectivity index (χ0n) is 78.7. The molecule has 0 aliphatic heterocycles. The van der Waals surface area contributed by atoms with E-state index in [1.165, 1.54) is 183 Å². The number of carbonyl (C=O) groups is 5. The van der Waals surface area contributed by atoms with Crippen molar-refractivity contribution in [1.82, 2.24) is 27.9 Å². The third-order valence-electron chi connectivity index (χ3n) is 19.7. The fraction of sp³-hybridized carbons (Fsp3) is 0.211. The maximum atomic E-state index is 14.4. The molecule has 149 heavy (non-hydrogen) atoms. The van der Waals surface area contributed by atoms with E-state index < -0.39 is 199 Å². The largest absolute Gasteiger partial charge is 1.00 e. The van der Waals surface area contributed by atoms with Crippen LogP contribution in [0.5, 0.6) is 40.2 Å². The van der Waals surface area contributed by atoms with Crippen LogP contribution in [0.4, 0.5) is 26.3 Å². The molecule has 0 saturated heterocycles. The van der Waals surface area contributed by atoms with Gasteiger partial charge in [-0.05, 0) is 191 Å². The Morgan fingerprint density at radius 3 is 1.04 bits per heavy atom. The van der Waals surface area contributed by atoms with Crippen LogP contribution in [0.1, 0.15) is 85.4 Å². The SMILES string of the molecule is COc1ccc(C(=O)O)cc1.COc1ccc(C(=O)O)cc1S(=O)(=O)Cl.COc1ccc(C(=O)OCCS(=O)(=O)c2ccc(C)cc2)cc1S(=O)(=O)Cl.COc1ccc(C(=O)OCCS(=O)(=O)c2ccc(C)cc2)cc1S(=O)(=O)n1c(S(=O)Cc2nccc(OCC(F)(F)F)c2C)nc2ccccc21.COc1ccc(C(=O)[O-])cc1S(=O)(=O)n1c(S(=O)Cc2nccc(OCC(F)(F)F)c2C)nc2ccccc21.O=S(=O)(O)Cl.[Na+]. The van der Waals surface area contributed by atoms with Crippen molar-refractivity contribution in [2.24, 2.45) is 0 Å². The van der Waals surface area contributed by atoms with Crippen LogP contribution in [0.2, 0.25) is 0 Å². The molecule has 0 radical (unpaired) electrons. The summed E-state index contributed by atoms with van der Waals surface area (Å²) >= 11 is 0. The number of methoxy groups -OCH3 is 5. The topological polar surface area (TPSA) is 587 Å². The predicted molar refractivity (Wildman–Crippen MR) is 520 cm³/mol. The van der Waals surface area contributed by atoms with Crippen LogP contribution in [0.15, 0.2) is 258 Å². The number of benzene rings is 9. The minimum Gasteiger partial charge on any atom is -0.545 e. The number of nitrogens with zero attached hydrogens (tertiary/aromatic N) is 6. The second-order valence-electron chi connectivity index (χ2n) is 29.8. The van der Waals surface area contributed by atoms with Gasteiger partial charge in [0.1, 0.15) is 73.0 Å². The first-order valence-electron chi connectivity index (χ1n) is 41.0. The fourth-order valence-corrected chi connectivity index (χ4v) is 23.1. The van der Waals surface area contributed by atoms with Crippen LogP contribution >= 0.6 is 32.0 Å². The number of sulfone groups is 2. The number of hydrogen-bond acceptors (Lipinski definition) is 35. The second-order valence-corrected chi connectivity index (χ2v) is 47.2. The van der Waals surface area contributed by atoms with Crippen molar-refractivity contribution in [3.05, 3.63) is 280 Å². The molecule has 0 saturated carbocycles. The molecule has 3 N–H and O–H groups in total. The number of halogens is 9. The van der Waals surface area contributed by atoms with E-state index in [-0.39, 0.29) is 157 Å². The Balaban J connectivity index is 0.000000270. The summed E-state index contributed by atoms with van der Waals surface area (Å²) in [6, 6.07) is 46.7. The van der Waals surface area contributed by atoms with Gasteiger partial charge >= 0.3 is 75.1 Å². The number of aryl methyl sites for hydroxylation is 2. The molecule has 0 spiro atoms. The van der Waals surface area contributed by atoms with Crippen LogP contribution in [-0.4, -0.2) is 226 Å². The van der Waals surface area contributed by atoms with Crippen molar-refractivity contribution in [3.8, 4) is 40.2 Å². The van der Waals surface area contributed by atoms with Crippen LogP contribution in [0, 0.1) is 27.7 Å².